The van der Waals surface area contributed by atoms with Crippen molar-refractivity contribution in [3.63, 3.8) is 0 Å². The highest BCUT2D eigenvalue weighted by Gasteiger charge is 2.17. The van der Waals surface area contributed by atoms with Gasteiger partial charge in [0.25, 0.3) is 5.91 Å². The number of fused-ring (bicyclic) bond motifs is 1. The monoisotopic (exact) mass is 344 g/mol. The lowest BCUT2D eigenvalue weighted by atomic mass is 10.1. The molecule has 5 heteroatoms. The molecule has 2 aromatic heterocycles. The molecule has 2 heterocycles. The Kier molecular flexibility index (Phi) is 4.27. The van der Waals surface area contributed by atoms with E-state index in [9.17, 15) is 4.79 Å². The lowest BCUT2D eigenvalue weighted by molar-refractivity contribution is 0.0932. The molecule has 4 rings (SSSR count). The van der Waals surface area contributed by atoms with Gasteiger partial charge in [-0.25, -0.2) is 0 Å². The number of hydrogen-bond donors (Lipinski definition) is 1. The standard InChI is InChI=1S/C21H20N4O/c1-24-13-10-17-8-9-18(14-20(17)24)21(26)23-19(15-25-12-5-11-22-25)16-6-3-2-4-7-16/h2-14,19H,15H2,1H3,(H,23,26)/t19-/m0/s1. The van der Waals surface area contributed by atoms with Crippen LogP contribution in [0.5, 0.6) is 0 Å². The molecule has 2 aromatic carbocycles. The lowest BCUT2D eigenvalue weighted by Crippen LogP contribution is -2.31. The van der Waals surface area contributed by atoms with Gasteiger partial charge in [0.05, 0.1) is 12.6 Å². The van der Waals surface area contributed by atoms with Crippen LogP contribution in [0, 0.1) is 0 Å². The van der Waals surface area contributed by atoms with Crippen LogP contribution in [0.25, 0.3) is 10.9 Å². The minimum Gasteiger partial charge on any atom is -0.351 e. The zero-order chi connectivity index (χ0) is 17.9. The second-order valence-corrected chi connectivity index (χ2v) is 6.37. The topological polar surface area (TPSA) is 51.9 Å². The van der Waals surface area contributed by atoms with E-state index in [0.29, 0.717) is 12.1 Å². The first-order valence-electron chi connectivity index (χ1n) is 8.59. The van der Waals surface area contributed by atoms with Crippen molar-refractivity contribution in [2.45, 2.75) is 12.6 Å². The van der Waals surface area contributed by atoms with Crippen LogP contribution in [0.15, 0.2) is 79.3 Å². The van der Waals surface area contributed by atoms with Crippen LogP contribution in [0.1, 0.15) is 22.0 Å². The maximum absolute atomic E-state index is 12.9. The molecule has 1 N–H and O–H groups in total. The number of amides is 1. The maximum atomic E-state index is 12.9. The van der Waals surface area contributed by atoms with Crippen molar-refractivity contribution in [3.05, 3.63) is 90.4 Å². The van der Waals surface area contributed by atoms with E-state index in [0.717, 1.165) is 16.5 Å². The van der Waals surface area contributed by atoms with E-state index in [4.69, 9.17) is 0 Å². The molecule has 130 valence electrons. The fourth-order valence-electron chi connectivity index (χ4n) is 3.16. The van der Waals surface area contributed by atoms with Gasteiger partial charge in [0.2, 0.25) is 0 Å². The van der Waals surface area contributed by atoms with Gasteiger partial charge in [-0.2, -0.15) is 5.10 Å². The van der Waals surface area contributed by atoms with E-state index in [1.54, 1.807) is 6.20 Å². The average Bonchev–Trinajstić information content (AvgIpc) is 3.31. The molecule has 1 amide bonds. The third-order valence-electron chi connectivity index (χ3n) is 4.59. The number of carbonyl (C=O) groups excluding carboxylic acids is 1. The molecular formula is C21H20N4O. The van der Waals surface area contributed by atoms with Crippen molar-refractivity contribution in [3.8, 4) is 0 Å². The van der Waals surface area contributed by atoms with Crippen molar-refractivity contribution in [2.75, 3.05) is 0 Å². The minimum absolute atomic E-state index is 0.0888. The Balaban J connectivity index is 1.61. The van der Waals surface area contributed by atoms with Crippen LogP contribution in [-0.2, 0) is 13.6 Å². The Bertz CT molecular complexity index is 1020. The summed E-state index contributed by atoms with van der Waals surface area (Å²) in [5.41, 5.74) is 2.75. The number of aryl methyl sites for hydroxylation is 1. The van der Waals surface area contributed by atoms with E-state index in [-0.39, 0.29) is 11.9 Å². The number of carbonyl (C=O) groups is 1. The molecule has 0 saturated heterocycles. The molecule has 4 aromatic rings. The first-order chi connectivity index (χ1) is 12.7. The lowest BCUT2D eigenvalue weighted by Gasteiger charge is -2.19. The number of hydrogen-bond acceptors (Lipinski definition) is 2. The first-order valence-corrected chi connectivity index (χ1v) is 8.59. The molecule has 0 bridgehead atoms. The van der Waals surface area contributed by atoms with Crippen LogP contribution in [0.3, 0.4) is 0 Å². The molecule has 0 radical (unpaired) electrons. The van der Waals surface area contributed by atoms with Crippen molar-refractivity contribution in [1.82, 2.24) is 19.7 Å². The zero-order valence-electron chi connectivity index (χ0n) is 14.5. The summed E-state index contributed by atoms with van der Waals surface area (Å²) in [4.78, 5) is 12.9. The molecule has 0 aliphatic carbocycles. The summed E-state index contributed by atoms with van der Waals surface area (Å²) < 4.78 is 3.85. The Hall–Kier alpha value is -3.34. The van der Waals surface area contributed by atoms with Crippen molar-refractivity contribution < 1.29 is 4.79 Å². The minimum atomic E-state index is -0.160. The summed E-state index contributed by atoms with van der Waals surface area (Å²) in [5, 5.41) is 8.55. The third-order valence-corrected chi connectivity index (χ3v) is 4.59. The van der Waals surface area contributed by atoms with Gasteiger partial charge in [0, 0.05) is 36.7 Å². The Morgan fingerprint density at radius 3 is 2.69 bits per heavy atom. The second kappa shape index (κ2) is 6.88. The largest absolute Gasteiger partial charge is 0.351 e. The van der Waals surface area contributed by atoms with E-state index < -0.39 is 0 Å². The number of aromatic nitrogens is 3. The summed E-state index contributed by atoms with van der Waals surface area (Å²) >= 11 is 0. The summed E-state index contributed by atoms with van der Waals surface area (Å²) in [6.45, 7) is 0.579. The number of benzene rings is 2. The first kappa shape index (κ1) is 16.1. The van der Waals surface area contributed by atoms with E-state index in [1.807, 2.05) is 89.4 Å². The molecule has 26 heavy (non-hydrogen) atoms. The van der Waals surface area contributed by atoms with Crippen LogP contribution in [0.2, 0.25) is 0 Å². The van der Waals surface area contributed by atoms with Gasteiger partial charge in [-0.05, 0) is 35.2 Å². The molecule has 5 nitrogen and oxygen atoms in total. The molecule has 0 unspecified atom stereocenters. The maximum Gasteiger partial charge on any atom is 0.251 e. The Morgan fingerprint density at radius 2 is 1.92 bits per heavy atom. The smallest absolute Gasteiger partial charge is 0.251 e. The second-order valence-electron chi connectivity index (χ2n) is 6.37. The highest BCUT2D eigenvalue weighted by molar-refractivity contribution is 5.98. The fourth-order valence-corrected chi connectivity index (χ4v) is 3.16. The molecule has 0 spiro atoms. The normalized spacial score (nSPS) is 12.2. The molecule has 0 saturated carbocycles. The fraction of sp³-hybridized carbons (Fsp3) is 0.143. The van der Waals surface area contributed by atoms with Gasteiger partial charge in [0.1, 0.15) is 0 Å². The van der Waals surface area contributed by atoms with Crippen LogP contribution >= 0.6 is 0 Å². The van der Waals surface area contributed by atoms with Gasteiger partial charge in [0.15, 0.2) is 0 Å². The van der Waals surface area contributed by atoms with Crippen LogP contribution in [0.4, 0.5) is 0 Å². The SMILES string of the molecule is Cn1ccc2ccc(C(=O)N[C@@H](Cn3cccn3)c3ccccc3)cc21. The quantitative estimate of drug-likeness (QED) is 0.602. The van der Waals surface area contributed by atoms with Crippen molar-refractivity contribution in [2.24, 2.45) is 7.05 Å². The summed E-state index contributed by atoms with van der Waals surface area (Å²) in [7, 11) is 1.98. The third kappa shape index (κ3) is 3.24. The van der Waals surface area contributed by atoms with Crippen molar-refractivity contribution >= 4 is 16.8 Å². The zero-order valence-corrected chi connectivity index (χ0v) is 14.5. The van der Waals surface area contributed by atoms with Gasteiger partial charge < -0.3 is 9.88 Å². The highest BCUT2D eigenvalue weighted by Crippen LogP contribution is 2.19. The number of nitrogens with zero attached hydrogens (tertiary/aromatic N) is 3. The predicted molar refractivity (Wildman–Crippen MR) is 102 cm³/mol. The number of nitrogens with one attached hydrogen (secondary N) is 1. The van der Waals surface area contributed by atoms with E-state index >= 15 is 0 Å². The van der Waals surface area contributed by atoms with Gasteiger partial charge >= 0.3 is 0 Å². The van der Waals surface area contributed by atoms with Gasteiger partial charge in [-0.3, -0.25) is 9.48 Å². The predicted octanol–water partition coefficient (Wildman–Crippen LogP) is 3.55. The van der Waals surface area contributed by atoms with Gasteiger partial charge in [-0.1, -0.05) is 36.4 Å². The molecule has 0 aliphatic heterocycles. The van der Waals surface area contributed by atoms with E-state index in [2.05, 4.69) is 10.4 Å². The summed E-state index contributed by atoms with van der Waals surface area (Å²) in [5.74, 6) is -0.0888. The van der Waals surface area contributed by atoms with E-state index in [1.165, 1.54) is 0 Å². The molecular weight excluding hydrogens is 324 g/mol. The Morgan fingerprint density at radius 1 is 1.08 bits per heavy atom. The van der Waals surface area contributed by atoms with Crippen molar-refractivity contribution in [1.29, 1.82) is 0 Å². The number of rotatable bonds is 5. The van der Waals surface area contributed by atoms with Crippen LogP contribution < -0.4 is 5.32 Å². The summed E-state index contributed by atoms with van der Waals surface area (Å²) in [6, 6.07) is 19.5. The molecule has 0 aliphatic rings. The molecule has 0 fully saturated rings. The molecule has 1 atom stereocenters. The average molecular weight is 344 g/mol. The highest BCUT2D eigenvalue weighted by atomic mass is 16.1. The van der Waals surface area contributed by atoms with Gasteiger partial charge in [-0.15, -0.1) is 0 Å². The van der Waals surface area contributed by atoms with Crippen LogP contribution in [-0.4, -0.2) is 20.3 Å². The summed E-state index contributed by atoms with van der Waals surface area (Å²) in [6.07, 6.45) is 5.64. The Labute approximate surface area is 151 Å².